The van der Waals surface area contributed by atoms with Crippen molar-refractivity contribution in [2.45, 2.75) is 75.7 Å². The first-order chi connectivity index (χ1) is 26.3. The van der Waals surface area contributed by atoms with Gasteiger partial charge in [0.25, 0.3) is 0 Å². The van der Waals surface area contributed by atoms with Gasteiger partial charge in [-0.1, -0.05) is 18.4 Å². The predicted molar refractivity (Wildman–Crippen MR) is 193 cm³/mol. The Morgan fingerprint density at radius 3 is 2.55 bits per heavy atom. The Kier molecular flexibility index (Phi) is 10.4. The van der Waals surface area contributed by atoms with Crippen molar-refractivity contribution in [2.75, 3.05) is 51.7 Å². The summed E-state index contributed by atoms with van der Waals surface area (Å²) in [4.78, 5) is 17.1. The van der Waals surface area contributed by atoms with Crippen molar-refractivity contribution in [3.8, 4) is 41.2 Å². The van der Waals surface area contributed by atoms with Crippen molar-refractivity contribution in [3.05, 3.63) is 41.5 Å². The fraction of sp³-hybridized carbons (Fsp3) is 0.513. The van der Waals surface area contributed by atoms with Gasteiger partial charge in [-0.25, -0.2) is 13.8 Å². The molecule has 7 rings (SSSR count). The smallest absolute Gasteiger partial charge is 0.417 e. The van der Waals surface area contributed by atoms with E-state index in [1.54, 1.807) is 0 Å². The number of anilines is 1. The number of rotatable bonds is 12. The van der Waals surface area contributed by atoms with E-state index in [0.29, 0.717) is 25.0 Å². The fourth-order valence-corrected chi connectivity index (χ4v) is 8.81. The summed E-state index contributed by atoms with van der Waals surface area (Å²) in [6.45, 7) is 2.61. The van der Waals surface area contributed by atoms with Crippen LogP contribution in [0.15, 0.2) is 24.3 Å². The van der Waals surface area contributed by atoms with E-state index < -0.39 is 41.6 Å². The lowest BCUT2D eigenvalue weighted by atomic mass is 9.69. The number of aromatic nitrogens is 3. The third-order valence-corrected chi connectivity index (χ3v) is 11.5. The molecule has 0 radical (unpaired) electrons. The maximum atomic E-state index is 17.1. The van der Waals surface area contributed by atoms with Gasteiger partial charge in [-0.2, -0.15) is 23.1 Å². The third kappa shape index (κ3) is 6.74. The highest BCUT2D eigenvalue weighted by molar-refractivity contribution is 6.04. The summed E-state index contributed by atoms with van der Waals surface area (Å²) >= 11 is 0. The molecule has 11 nitrogen and oxygen atoms in total. The molecule has 2 saturated carbocycles. The highest BCUT2D eigenvalue weighted by atomic mass is 19.4. The van der Waals surface area contributed by atoms with Gasteiger partial charge in [0, 0.05) is 54.4 Å². The summed E-state index contributed by atoms with van der Waals surface area (Å²) in [6.07, 6.45) is 3.95. The van der Waals surface area contributed by atoms with Crippen molar-refractivity contribution in [3.63, 3.8) is 0 Å². The van der Waals surface area contributed by atoms with Gasteiger partial charge in [0.1, 0.15) is 34.9 Å². The summed E-state index contributed by atoms with van der Waals surface area (Å²) in [6, 6.07) is 4.36. The van der Waals surface area contributed by atoms with Gasteiger partial charge >= 0.3 is 12.2 Å². The van der Waals surface area contributed by atoms with Crippen LogP contribution in [0.2, 0.25) is 0 Å². The van der Waals surface area contributed by atoms with E-state index in [-0.39, 0.29) is 95.2 Å². The minimum Gasteiger partial charge on any atom is -0.508 e. The molecule has 16 heteroatoms. The van der Waals surface area contributed by atoms with Crippen LogP contribution in [0.3, 0.4) is 0 Å². The molecule has 55 heavy (non-hydrogen) atoms. The van der Waals surface area contributed by atoms with Gasteiger partial charge in [0.05, 0.1) is 25.9 Å². The quantitative estimate of drug-likeness (QED) is 0.0670. The SMILES string of the molecule is C#Cc1c(F)ccc2cc(O)cc(-c3nc(OC)c4c(N(CO)CCOCC)nc(OCC56CCCC5N(C5CC(O)(C(F)(F)F)C5)CCC6)nc4c3F)c12. The summed E-state index contributed by atoms with van der Waals surface area (Å²) in [5, 5.41) is 31.8. The van der Waals surface area contributed by atoms with E-state index in [1.807, 2.05) is 6.92 Å². The molecule has 4 aromatic rings. The standard InChI is InChI=1S/C39H42F5N5O6/c1-4-25-27(40)10-9-22-16-24(51)17-26(29(22)25)32-31(41)33-30(35(45-32)53-3)34(48(21-50)14-15-54-5-2)47-36(46-33)55-20-37-11-6-8-28(37)49(13-7-12-37)23-18-38(52,19-23)39(42,43)44/h1,9-10,16-17,23,28,50-52H,5-8,11-15,18-21H2,2-3H3. The highest BCUT2D eigenvalue weighted by Gasteiger charge is 2.64. The number of halogens is 5. The molecule has 2 atom stereocenters. The Balaban J connectivity index is 1.32. The fourth-order valence-electron chi connectivity index (χ4n) is 8.81. The Bertz CT molecular complexity index is 2140. The van der Waals surface area contributed by atoms with Gasteiger partial charge in [0.2, 0.25) is 5.88 Å². The van der Waals surface area contributed by atoms with Crippen molar-refractivity contribution in [1.29, 1.82) is 0 Å². The van der Waals surface area contributed by atoms with E-state index in [4.69, 9.17) is 20.6 Å². The molecule has 1 saturated heterocycles. The molecule has 2 aliphatic carbocycles. The van der Waals surface area contributed by atoms with Crippen LogP contribution < -0.4 is 14.4 Å². The minimum absolute atomic E-state index is 0.00246. The predicted octanol–water partition coefficient (Wildman–Crippen LogP) is 6.08. The van der Waals surface area contributed by atoms with Gasteiger partial charge in [-0.3, -0.25) is 4.90 Å². The third-order valence-electron chi connectivity index (χ3n) is 11.5. The Morgan fingerprint density at radius 2 is 1.85 bits per heavy atom. The molecular weight excluding hydrogens is 729 g/mol. The molecule has 2 aromatic heterocycles. The van der Waals surface area contributed by atoms with Crippen LogP contribution in [0.25, 0.3) is 32.9 Å². The largest absolute Gasteiger partial charge is 0.508 e. The second-order valence-electron chi connectivity index (χ2n) is 14.6. The Hall–Kier alpha value is -4.56. The number of aliphatic hydroxyl groups excluding tert-OH is 1. The van der Waals surface area contributed by atoms with Gasteiger partial charge in [-0.05, 0) is 62.7 Å². The van der Waals surface area contributed by atoms with Crippen LogP contribution in [0.1, 0.15) is 57.4 Å². The topological polar surface area (TPSA) is 134 Å². The number of likely N-dealkylation sites (tertiary alicyclic amines) is 1. The summed E-state index contributed by atoms with van der Waals surface area (Å²) in [7, 11) is 1.31. The van der Waals surface area contributed by atoms with Crippen LogP contribution >= 0.6 is 0 Å². The molecule has 2 unspecified atom stereocenters. The number of nitrogens with zero attached hydrogens (tertiary/aromatic N) is 5. The molecule has 294 valence electrons. The molecule has 3 aliphatic rings. The van der Waals surface area contributed by atoms with Gasteiger partial charge < -0.3 is 34.4 Å². The number of alkyl halides is 3. The van der Waals surface area contributed by atoms with E-state index in [9.17, 15) is 28.5 Å². The first kappa shape index (κ1) is 38.7. The van der Waals surface area contributed by atoms with Gasteiger partial charge in [-0.15, -0.1) is 6.42 Å². The minimum atomic E-state index is -4.70. The number of fused-ring (bicyclic) bond motifs is 3. The van der Waals surface area contributed by atoms with Crippen LogP contribution in [0, 0.1) is 29.4 Å². The van der Waals surface area contributed by atoms with Crippen LogP contribution in [-0.2, 0) is 4.74 Å². The molecule has 3 fully saturated rings. The molecule has 0 spiro atoms. The number of aliphatic hydroxyl groups is 2. The van der Waals surface area contributed by atoms with Crippen LogP contribution in [-0.4, -0.2) is 106 Å². The molecule has 1 aliphatic heterocycles. The van der Waals surface area contributed by atoms with E-state index in [2.05, 4.69) is 25.8 Å². The molecule has 3 N–H and O–H groups in total. The summed E-state index contributed by atoms with van der Waals surface area (Å²) in [5.74, 6) is 0.214. The zero-order valence-corrected chi connectivity index (χ0v) is 30.4. The van der Waals surface area contributed by atoms with E-state index in [1.165, 1.54) is 30.2 Å². The molecule has 0 bridgehead atoms. The first-order valence-corrected chi connectivity index (χ1v) is 18.3. The number of ether oxygens (including phenoxy) is 3. The second-order valence-corrected chi connectivity index (χ2v) is 14.6. The lowest BCUT2D eigenvalue weighted by Crippen LogP contribution is -2.66. The maximum Gasteiger partial charge on any atom is 0.417 e. The van der Waals surface area contributed by atoms with Crippen molar-refractivity contribution in [2.24, 2.45) is 5.41 Å². The number of aromatic hydroxyl groups is 1. The first-order valence-electron chi connectivity index (χ1n) is 18.3. The van der Waals surface area contributed by atoms with E-state index >= 15 is 8.78 Å². The normalized spacial score (nSPS) is 24.1. The monoisotopic (exact) mass is 771 g/mol. The number of piperidine rings is 1. The molecule has 2 aromatic carbocycles. The average molecular weight is 772 g/mol. The Morgan fingerprint density at radius 1 is 1.09 bits per heavy atom. The van der Waals surface area contributed by atoms with E-state index in [0.717, 1.165) is 31.7 Å². The number of phenols is 1. The van der Waals surface area contributed by atoms with Gasteiger partial charge in [0.15, 0.2) is 17.2 Å². The molecule has 3 heterocycles. The lowest BCUT2D eigenvalue weighted by molar-refractivity contribution is -0.303. The molecule has 0 amide bonds. The number of methoxy groups -OCH3 is 1. The highest BCUT2D eigenvalue weighted by Crippen LogP contribution is 2.54. The number of hydrogen-bond donors (Lipinski definition) is 3. The number of terminal acetylenes is 1. The lowest BCUT2D eigenvalue weighted by Gasteiger charge is -2.55. The zero-order valence-electron chi connectivity index (χ0n) is 30.4. The zero-order chi connectivity index (χ0) is 39.3. The van der Waals surface area contributed by atoms with Crippen molar-refractivity contribution < 1.29 is 51.5 Å². The second kappa shape index (κ2) is 14.8. The average Bonchev–Trinajstić information content (AvgIpc) is 3.59. The molecular formula is C39H42F5N5O6. The Labute approximate surface area is 314 Å². The maximum absolute atomic E-state index is 17.1. The van der Waals surface area contributed by atoms with Crippen LogP contribution in [0.4, 0.5) is 27.8 Å². The van der Waals surface area contributed by atoms with Crippen LogP contribution in [0.5, 0.6) is 17.6 Å². The number of benzene rings is 2. The number of pyridine rings is 1. The van der Waals surface area contributed by atoms with Crippen molar-refractivity contribution >= 4 is 27.5 Å². The number of phenolic OH excluding ortho intramolecular Hbond substituents is 1. The van der Waals surface area contributed by atoms with Crippen molar-refractivity contribution in [1.82, 2.24) is 19.9 Å². The summed E-state index contributed by atoms with van der Waals surface area (Å²) < 4.78 is 90.2. The summed E-state index contributed by atoms with van der Waals surface area (Å²) in [5.41, 5.74) is -4.02. The number of hydrogen-bond acceptors (Lipinski definition) is 11.